The SMILES string of the molecule is CCN(C)C(=O)C(C)NCCCN(C)C. The molecule has 90 valence electrons. The minimum atomic E-state index is -0.0721. The molecule has 0 fully saturated rings. The molecule has 0 saturated carbocycles. The summed E-state index contributed by atoms with van der Waals surface area (Å²) in [5.74, 6) is 0.169. The Morgan fingerprint density at radius 1 is 1.33 bits per heavy atom. The number of carbonyl (C=O) groups is 1. The van der Waals surface area contributed by atoms with Crippen LogP contribution in [-0.2, 0) is 4.79 Å². The van der Waals surface area contributed by atoms with Gasteiger partial charge in [0.25, 0.3) is 0 Å². The second-order valence-corrected chi connectivity index (χ2v) is 4.19. The molecule has 0 spiro atoms. The van der Waals surface area contributed by atoms with E-state index >= 15 is 0 Å². The van der Waals surface area contributed by atoms with Crippen molar-refractivity contribution in [1.82, 2.24) is 15.1 Å². The number of hydrogen-bond acceptors (Lipinski definition) is 3. The van der Waals surface area contributed by atoms with E-state index in [1.54, 1.807) is 4.90 Å². The lowest BCUT2D eigenvalue weighted by Crippen LogP contribution is -2.43. The Morgan fingerprint density at radius 2 is 1.93 bits per heavy atom. The molecule has 15 heavy (non-hydrogen) atoms. The van der Waals surface area contributed by atoms with Crippen molar-refractivity contribution in [2.75, 3.05) is 40.8 Å². The van der Waals surface area contributed by atoms with E-state index in [0.29, 0.717) is 0 Å². The van der Waals surface area contributed by atoms with Gasteiger partial charge in [-0.2, -0.15) is 0 Å². The van der Waals surface area contributed by atoms with Crippen LogP contribution in [-0.4, -0.2) is 62.5 Å². The van der Waals surface area contributed by atoms with Gasteiger partial charge in [0.1, 0.15) is 0 Å². The number of likely N-dealkylation sites (N-methyl/N-ethyl adjacent to an activating group) is 1. The third-order valence-corrected chi connectivity index (χ3v) is 2.45. The highest BCUT2D eigenvalue weighted by Gasteiger charge is 2.14. The summed E-state index contributed by atoms with van der Waals surface area (Å²) in [4.78, 5) is 15.5. The first-order valence-electron chi connectivity index (χ1n) is 5.62. The highest BCUT2D eigenvalue weighted by molar-refractivity contribution is 5.81. The van der Waals surface area contributed by atoms with Crippen molar-refractivity contribution in [2.24, 2.45) is 0 Å². The molecule has 0 aliphatic carbocycles. The van der Waals surface area contributed by atoms with E-state index in [0.717, 1.165) is 26.1 Å². The average Bonchev–Trinajstić information content (AvgIpc) is 2.21. The standard InChI is InChI=1S/C11H25N3O/c1-6-14(5)11(15)10(2)12-8-7-9-13(3)4/h10,12H,6-9H2,1-5H3. The van der Waals surface area contributed by atoms with Crippen LogP contribution in [0.25, 0.3) is 0 Å². The summed E-state index contributed by atoms with van der Waals surface area (Å²) < 4.78 is 0. The second kappa shape index (κ2) is 7.65. The van der Waals surface area contributed by atoms with Crippen LogP contribution in [0.5, 0.6) is 0 Å². The van der Waals surface area contributed by atoms with E-state index in [2.05, 4.69) is 24.3 Å². The fraction of sp³-hybridized carbons (Fsp3) is 0.909. The van der Waals surface area contributed by atoms with Crippen molar-refractivity contribution in [1.29, 1.82) is 0 Å². The summed E-state index contributed by atoms with van der Waals surface area (Å²) in [5.41, 5.74) is 0. The summed E-state index contributed by atoms with van der Waals surface area (Å²) >= 11 is 0. The van der Waals surface area contributed by atoms with E-state index in [1.807, 2.05) is 20.9 Å². The van der Waals surface area contributed by atoms with Crippen LogP contribution in [0.2, 0.25) is 0 Å². The molecule has 1 atom stereocenters. The third kappa shape index (κ3) is 6.47. The molecule has 0 radical (unpaired) electrons. The van der Waals surface area contributed by atoms with Crippen molar-refractivity contribution < 1.29 is 4.79 Å². The van der Waals surface area contributed by atoms with Gasteiger partial charge in [0, 0.05) is 13.6 Å². The van der Waals surface area contributed by atoms with Crippen LogP contribution in [0.15, 0.2) is 0 Å². The second-order valence-electron chi connectivity index (χ2n) is 4.19. The summed E-state index contributed by atoms with van der Waals surface area (Å²) in [6, 6.07) is -0.0721. The lowest BCUT2D eigenvalue weighted by Gasteiger charge is -2.20. The van der Waals surface area contributed by atoms with Crippen molar-refractivity contribution in [3.63, 3.8) is 0 Å². The maximum absolute atomic E-state index is 11.7. The molecule has 0 bridgehead atoms. The summed E-state index contributed by atoms with van der Waals surface area (Å²) in [7, 11) is 5.94. The van der Waals surface area contributed by atoms with Gasteiger partial charge in [0.15, 0.2) is 0 Å². The van der Waals surface area contributed by atoms with Crippen LogP contribution in [0, 0.1) is 0 Å². The molecule has 4 heteroatoms. The van der Waals surface area contributed by atoms with Crippen molar-refractivity contribution >= 4 is 5.91 Å². The number of hydrogen-bond donors (Lipinski definition) is 1. The molecule has 0 saturated heterocycles. The molecule has 0 aromatic carbocycles. The fourth-order valence-electron chi connectivity index (χ4n) is 1.29. The van der Waals surface area contributed by atoms with Crippen LogP contribution in [0.4, 0.5) is 0 Å². The number of rotatable bonds is 7. The van der Waals surface area contributed by atoms with Crippen LogP contribution in [0.1, 0.15) is 20.3 Å². The number of nitrogens with one attached hydrogen (secondary N) is 1. The topological polar surface area (TPSA) is 35.6 Å². The normalized spacial score (nSPS) is 12.9. The summed E-state index contributed by atoms with van der Waals surface area (Å²) in [6.07, 6.45) is 1.07. The van der Waals surface area contributed by atoms with E-state index in [1.165, 1.54) is 0 Å². The number of carbonyl (C=O) groups excluding carboxylic acids is 1. The molecule has 1 N–H and O–H groups in total. The van der Waals surface area contributed by atoms with E-state index in [4.69, 9.17) is 0 Å². The Morgan fingerprint density at radius 3 is 2.40 bits per heavy atom. The Balaban J connectivity index is 3.64. The zero-order chi connectivity index (χ0) is 11.8. The van der Waals surface area contributed by atoms with Crippen molar-refractivity contribution in [3.8, 4) is 0 Å². The average molecular weight is 215 g/mol. The van der Waals surface area contributed by atoms with Gasteiger partial charge in [0.2, 0.25) is 5.91 Å². The van der Waals surface area contributed by atoms with Crippen molar-refractivity contribution in [3.05, 3.63) is 0 Å². The van der Waals surface area contributed by atoms with E-state index in [-0.39, 0.29) is 11.9 Å². The zero-order valence-electron chi connectivity index (χ0n) is 10.7. The Kier molecular flexibility index (Phi) is 7.34. The minimum absolute atomic E-state index is 0.0721. The first kappa shape index (κ1) is 14.4. The maximum atomic E-state index is 11.7. The molecule has 1 amide bonds. The Bertz CT molecular complexity index is 183. The zero-order valence-corrected chi connectivity index (χ0v) is 10.7. The van der Waals surface area contributed by atoms with E-state index in [9.17, 15) is 4.79 Å². The van der Waals surface area contributed by atoms with Gasteiger partial charge in [-0.3, -0.25) is 4.79 Å². The monoisotopic (exact) mass is 215 g/mol. The number of amides is 1. The highest BCUT2D eigenvalue weighted by Crippen LogP contribution is 1.92. The lowest BCUT2D eigenvalue weighted by molar-refractivity contribution is -0.131. The smallest absolute Gasteiger partial charge is 0.239 e. The van der Waals surface area contributed by atoms with Gasteiger partial charge in [-0.25, -0.2) is 0 Å². The lowest BCUT2D eigenvalue weighted by atomic mass is 10.2. The largest absolute Gasteiger partial charge is 0.345 e. The van der Waals surface area contributed by atoms with Gasteiger partial charge in [-0.15, -0.1) is 0 Å². The molecule has 0 aromatic heterocycles. The molecular formula is C11H25N3O. The molecule has 0 aliphatic rings. The van der Waals surface area contributed by atoms with Gasteiger partial charge in [0.05, 0.1) is 6.04 Å². The number of nitrogens with zero attached hydrogens (tertiary/aromatic N) is 2. The quantitative estimate of drug-likeness (QED) is 0.624. The van der Waals surface area contributed by atoms with Gasteiger partial charge < -0.3 is 15.1 Å². The maximum Gasteiger partial charge on any atom is 0.239 e. The van der Waals surface area contributed by atoms with Crippen LogP contribution in [0.3, 0.4) is 0 Å². The molecule has 0 aliphatic heterocycles. The Hall–Kier alpha value is -0.610. The molecule has 4 nitrogen and oxygen atoms in total. The molecule has 0 rings (SSSR count). The van der Waals surface area contributed by atoms with Crippen molar-refractivity contribution in [2.45, 2.75) is 26.3 Å². The Labute approximate surface area is 93.6 Å². The third-order valence-electron chi connectivity index (χ3n) is 2.45. The van der Waals surface area contributed by atoms with Gasteiger partial charge in [-0.1, -0.05) is 0 Å². The molecular weight excluding hydrogens is 190 g/mol. The first-order chi connectivity index (χ1) is 6.99. The summed E-state index contributed by atoms with van der Waals surface area (Å²) in [5, 5.41) is 3.24. The molecule has 0 heterocycles. The molecule has 0 aromatic rings. The highest BCUT2D eigenvalue weighted by atomic mass is 16.2. The summed E-state index contributed by atoms with van der Waals surface area (Å²) in [6.45, 7) is 6.61. The van der Waals surface area contributed by atoms with E-state index < -0.39 is 0 Å². The fourth-order valence-corrected chi connectivity index (χ4v) is 1.29. The predicted octanol–water partition coefficient (Wildman–Crippen LogP) is 0.395. The molecule has 1 unspecified atom stereocenters. The van der Waals surface area contributed by atoms with Gasteiger partial charge in [-0.05, 0) is 47.5 Å². The van der Waals surface area contributed by atoms with Crippen LogP contribution < -0.4 is 5.32 Å². The van der Waals surface area contributed by atoms with Gasteiger partial charge >= 0.3 is 0 Å². The predicted molar refractivity (Wildman–Crippen MR) is 63.9 cm³/mol. The van der Waals surface area contributed by atoms with Crippen LogP contribution >= 0.6 is 0 Å². The minimum Gasteiger partial charge on any atom is -0.345 e. The first-order valence-corrected chi connectivity index (χ1v) is 5.62.